The molecule has 0 bridgehead atoms. The summed E-state index contributed by atoms with van der Waals surface area (Å²) in [6.07, 6.45) is 1.98. The standard InChI is InChI=1S/C19H27N3O4S/c1-5-16-13-21(11-12-22(16)18(23)6-2)19(24)15(4)20-27(25,26)17-9-7-14(3)8-10-17/h6-10,15-16,20H,2,5,11-13H2,1,3-4H3/t15-,16+/m0/s1. The summed E-state index contributed by atoms with van der Waals surface area (Å²) in [6.45, 7) is 10.0. The molecule has 2 atom stereocenters. The number of hydrogen-bond acceptors (Lipinski definition) is 4. The van der Waals surface area contributed by atoms with E-state index in [0.717, 1.165) is 5.56 Å². The molecule has 1 fully saturated rings. The second-order valence-electron chi connectivity index (χ2n) is 6.74. The zero-order valence-electron chi connectivity index (χ0n) is 16.0. The highest BCUT2D eigenvalue weighted by Crippen LogP contribution is 2.16. The van der Waals surface area contributed by atoms with Gasteiger partial charge in [-0.05, 0) is 38.5 Å². The monoisotopic (exact) mass is 393 g/mol. The van der Waals surface area contributed by atoms with Crippen LogP contribution in [0.1, 0.15) is 25.8 Å². The van der Waals surface area contributed by atoms with Gasteiger partial charge in [0, 0.05) is 25.7 Å². The average molecular weight is 394 g/mol. The van der Waals surface area contributed by atoms with E-state index in [0.29, 0.717) is 26.1 Å². The van der Waals surface area contributed by atoms with Crippen LogP contribution in [0.25, 0.3) is 0 Å². The molecule has 0 aromatic heterocycles. The Kier molecular flexibility index (Phi) is 6.78. The zero-order chi connectivity index (χ0) is 20.2. The van der Waals surface area contributed by atoms with Crippen molar-refractivity contribution in [1.82, 2.24) is 14.5 Å². The third-order valence-corrected chi connectivity index (χ3v) is 6.31. The first-order chi connectivity index (χ1) is 12.7. The molecule has 2 rings (SSSR count). The highest BCUT2D eigenvalue weighted by molar-refractivity contribution is 7.89. The van der Waals surface area contributed by atoms with Crippen molar-refractivity contribution in [3.8, 4) is 0 Å². The number of carbonyl (C=O) groups excluding carboxylic acids is 2. The zero-order valence-corrected chi connectivity index (χ0v) is 16.8. The first kappa shape index (κ1) is 21.1. The van der Waals surface area contributed by atoms with Gasteiger partial charge in [0.1, 0.15) is 0 Å². The van der Waals surface area contributed by atoms with E-state index < -0.39 is 16.1 Å². The summed E-state index contributed by atoms with van der Waals surface area (Å²) in [6, 6.07) is 5.46. The van der Waals surface area contributed by atoms with Crippen LogP contribution in [0.3, 0.4) is 0 Å². The molecular weight excluding hydrogens is 366 g/mol. The third kappa shape index (κ3) is 4.95. The molecule has 0 spiro atoms. The van der Waals surface area contributed by atoms with E-state index in [1.807, 2.05) is 13.8 Å². The van der Waals surface area contributed by atoms with E-state index in [1.54, 1.807) is 21.9 Å². The maximum absolute atomic E-state index is 12.7. The molecule has 0 saturated carbocycles. The molecule has 1 aromatic carbocycles. The maximum atomic E-state index is 12.7. The van der Waals surface area contributed by atoms with E-state index >= 15 is 0 Å². The van der Waals surface area contributed by atoms with Crippen LogP contribution in [0.4, 0.5) is 0 Å². The molecule has 1 aromatic rings. The quantitative estimate of drug-likeness (QED) is 0.738. The number of hydrogen-bond donors (Lipinski definition) is 1. The molecule has 1 heterocycles. The number of aryl methyl sites for hydroxylation is 1. The van der Waals surface area contributed by atoms with E-state index in [4.69, 9.17) is 0 Å². The summed E-state index contributed by atoms with van der Waals surface area (Å²) in [7, 11) is -3.78. The van der Waals surface area contributed by atoms with E-state index in [2.05, 4.69) is 11.3 Å². The van der Waals surface area contributed by atoms with Crippen LogP contribution < -0.4 is 4.72 Å². The lowest BCUT2D eigenvalue weighted by molar-refractivity contribution is -0.141. The van der Waals surface area contributed by atoms with Crippen LogP contribution in [-0.4, -0.2) is 61.7 Å². The van der Waals surface area contributed by atoms with Crippen molar-refractivity contribution < 1.29 is 18.0 Å². The predicted octanol–water partition coefficient (Wildman–Crippen LogP) is 1.30. The molecule has 2 amide bonds. The number of rotatable bonds is 6. The van der Waals surface area contributed by atoms with Gasteiger partial charge in [-0.2, -0.15) is 4.72 Å². The summed E-state index contributed by atoms with van der Waals surface area (Å²) in [4.78, 5) is 28.1. The molecule has 7 nitrogen and oxygen atoms in total. The van der Waals surface area contributed by atoms with Gasteiger partial charge in [0.25, 0.3) is 0 Å². The third-order valence-electron chi connectivity index (χ3n) is 4.76. The van der Waals surface area contributed by atoms with Crippen molar-refractivity contribution in [2.45, 2.75) is 44.2 Å². The molecule has 8 heteroatoms. The number of nitrogens with zero attached hydrogens (tertiary/aromatic N) is 2. The predicted molar refractivity (Wildman–Crippen MR) is 104 cm³/mol. The Morgan fingerprint density at radius 1 is 1.30 bits per heavy atom. The molecule has 27 heavy (non-hydrogen) atoms. The molecule has 1 saturated heterocycles. The molecule has 1 aliphatic heterocycles. The number of piperazine rings is 1. The smallest absolute Gasteiger partial charge is 0.246 e. The molecule has 1 aliphatic rings. The fourth-order valence-corrected chi connectivity index (χ4v) is 4.35. The molecule has 0 radical (unpaired) electrons. The number of sulfonamides is 1. The minimum absolute atomic E-state index is 0.103. The van der Waals surface area contributed by atoms with Crippen molar-refractivity contribution in [1.29, 1.82) is 0 Å². The van der Waals surface area contributed by atoms with E-state index in [1.165, 1.54) is 25.1 Å². The first-order valence-corrected chi connectivity index (χ1v) is 10.5. The van der Waals surface area contributed by atoms with Crippen LogP contribution in [0.2, 0.25) is 0 Å². The fourth-order valence-electron chi connectivity index (χ4n) is 3.15. The van der Waals surface area contributed by atoms with Gasteiger partial charge in [0.15, 0.2) is 0 Å². The van der Waals surface area contributed by atoms with Gasteiger partial charge >= 0.3 is 0 Å². The first-order valence-electron chi connectivity index (χ1n) is 9.00. The number of carbonyl (C=O) groups is 2. The summed E-state index contributed by atoms with van der Waals surface area (Å²) in [5, 5.41) is 0. The molecule has 0 aliphatic carbocycles. The van der Waals surface area contributed by atoms with Crippen molar-refractivity contribution in [3.05, 3.63) is 42.5 Å². The van der Waals surface area contributed by atoms with Gasteiger partial charge in [-0.25, -0.2) is 8.42 Å². The van der Waals surface area contributed by atoms with E-state index in [-0.39, 0.29) is 22.8 Å². The Hall–Kier alpha value is -2.19. The minimum atomic E-state index is -3.78. The van der Waals surface area contributed by atoms with Crippen LogP contribution >= 0.6 is 0 Å². The van der Waals surface area contributed by atoms with Gasteiger partial charge in [-0.3, -0.25) is 9.59 Å². The van der Waals surface area contributed by atoms with Crippen LogP contribution in [0, 0.1) is 6.92 Å². The van der Waals surface area contributed by atoms with Gasteiger partial charge in [0.2, 0.25) is 21.8 Å². The van der Waals surface area contributed by atoms with Gasteiger partial charge < -0.3 is 9.80 Å². The largest absolute Gasteiger partial charge is 0.337 e. The second kappa shape index (κ2) is 8.67. The highest BCUT2D eigenvalue weighted by atomic mass is 32.2. The van der Waals surface area contributed by atoms with E-state index in [9.17, 15) is 18.0 Å². The Morgan fingerprint density at radius 2 is 1.93 bits per heavy atom. The molecule has 1 N–H and O–H groups in total. The van der Waals surface area contributed by atoms with Crippen LogP contribution in [0.15, 0.2) is 41.8 Å². The summed E-state index contributed by atoms with van der Waals surface area (Å²) < 4.78 is 27.4. The lowest BCUT2D eigenvalue weighted by atomic mass is 10.1. The Balaban J connectivity index is 2.05. The SMILES string of the molecule is C=CC(=O)N1CCN(C(=O)[C@H](C)NS(=O)(=O)c2ccc(C)cc2)C[C@H]1CC. The second-order valence-corrected chi connectivity index (χ2v) is 8.45. The molecule has 148 valence electrons. The summed E-state index contributed by atoms with van der Waals surface area (Å²) in [5.74, 6) is -0.447. The Labute approximate surface area is 161 Å². The van der Waals surface area contributed by atoms with Crippen molar-refractivity contribution in [2.24, 2.45) is 0 Å². The lowest BCUT2D eigenvalue weighted by Crippen LogP contribution is -2.58. The van der Waals surface area contributed by atoms with Crippen LogP contribution in [0.5, 0.6) is 0 Å². The lowest BCUT2D eigenvalue weighted by Gasteiger charge is -2.41. The summed E-state index contributed by atoms with van der Waals surface area (Å²) in [5.41, 5.74) is 0.954. The van der Waals surface area contributed by atoms with Crippen molar-refractivity contribution >= 4 is 21.8 Å². The topological polar surface area (TPSA) is 86.8 Å². The van der Waals surface area contributed by atoms with Gasteiger partial charge in [-0.15, -0.1) is 0 Å². The number of nitrogens with one attached hydrogen (secondary N) is 1. The normalized spacial score (nSPS) is 18.9. The minimum Gasteiger partial charge on any atom is -0.337 e. The molecular formula is C19H27N3O4S. The Bertz CT molecular complexity index is 805. The average Bonchev–Trinajstić information content (AvgIpc) is 2.66. The van der Waals surface area contributed by atoms with Crippen molar-refractivity contribution in [2.75, 3.05) is 19.6 Å². The number of amides is 2. The van der Waals surface area contributed by atoms with Gasteiger partial charge in [-0.1, -0.05) is 31.2 Å². The van der Waals surface area contributed by atoms with Gasteiger partial charge in [0.05, 0.1) is 10.9 Å². The highest BCUT2D eigenvalue weighted by Gasteiger charge is 2.33. The summed E-state index contributed by atoms with van der Waals surface area (Å²) >= 11 is 0. The maximum Gasteiger partial charge on any atom is 0.246 e. The van der Waals surface area contributed by atoms with Crippen molar-refractivity contribution in [3.63, 3.8) is 0 Å². The number of benzene rings is 1. The fraction of sp³-hybridized carbons (Fsp3) is 0.474. The molecule has 0 unspecified atom stereocenters. The Morgan fingerprint density at radius 3 is 2.48 bits per heavy atom. The van der Waals surface area contributed by atoms with Crippen LogP contribution in [-0.2, 0) is 19.6 Å².